The van der Waals surface area contributed by atoms with Crippen LogP contribution in [0.4, 0.5) is 5.00 Å². The Morgan fingerprint density at radius 3 is 2.35 bits per heavy atom. The SMILES string of the molecule is CCc1c(C)sc(NC(=O)C(CC)c2ccccc2)c1C(=O)OC(C)C. The third-order valence-electron chi connectivity index (χ3n) is 4.27. The zero-order valence-corrected chi connectivity index (χ0v) is 16.9. The average Bonchev–Trinajstić information content (AvgIpc) is 2.91. The minimum Gasteiger partial charge on any atom is -0.459 e. The van der Waals surface area contributed by atoms with Crippen molar-refractivity contribution in [1.29, 1.82) is 0 Å². The molecule has 1 N–H and O–H groups in total. The first-order valence-corrected chi connectivity index (χ1v) is 9.89. The lowest BCUT2D eigenvalue weighted by Crippen LogP contribution is -2.22. The van der Waals surface area contributed by atoms with E-state index in [4.69, 9.17) is 4.74 Å². The molecule has 1 amide bonds. The Kier molecular flexibility index (Phi) is 6.98. The van der Waals surface area contributed by atoms with Crippen molar-refractivity contribution in [2.75, 3.05) is 5.32 Å². The molecule has 26 heavy (non-hydrogen) atoms. The molecule has 0 bridgehead atoms. The summed E-state index contributed by atoms with van der Waals surface area (Å²) < 4.78 is 5.40. The number of rotatable bonds is 7. The predicted molar refractivity (Wildman–Crippen MR) is 107 cm³/mol. The number of esters is 1. The van der Waals surface area contributed by atoms with Gasteiger partial charge in [-0.15, -0.1) is 11.3 Å². The molecule has 0 aliphatic heterocycles. The van der Waals surface area contributed by atoms with Crippen molar-refractivity contribution in [3.63, 3.8) is 0 Å². The van der Waals surface area contributed by atoms with Gasteiger partial charge in [0.15, 0.2) is 0 Å². The third kappa shape index (κ3) is 4.52. The number of aryl methyl sites for hydroxylation is 1. The number of hydrogen-bond donors (Lipinski definition) is 1. The van der Waals surface area contributed by atoms with E-state index in [9.17, 15) is 9.59 Å². The molecule has 0 aliphatic rings. The Labute approximate surface area is 159 Å². The average molecular weight is 374 g/mol. The molecule has 2 aromatic rings. The molecular weight excluding hydrogens is 346 g/mol. The van der Waals surface area contributed by atoms with Gasteiger partial charge in [-0.05, 0) is 44.7 Å². The second-order valence-electron chi connectivity index (χ2n) is 6.51. The van der Waals surface area contributed by atoms with Crippen molar-refractivity contribution >= 4 is 28.2 Å². The number of thiophene rings is 1. The molecule has 0 aliphatic carbocycles. The van der Waals surface area contributed by atoms with Crippen LogP contribution >= 0.6 is 11.3 Å². The number of anilines is 1. The molecule has 1 aromatic carbocycles. The van der Waals surface area contributed by atoms with Gasteiger partial charge in [0.25, 0.3) is 0 Å². The topological polar surface area (TPSA) is 55.4 Å². The van der Waals surface area contributed by atoms with Gasteiger partial charge < -0.3 is 10.1 Å². The van der Waals surface area contributed by atoms with Gasteiger partial charge in [0.2, 0.25) is 5.91 Å². The first-order chi connectivity index (χ1) is 12.4. The van der Waals surface area contributed by atoms with Crippen molar-refractivity contribution in [3.8, 4) is 0 Å². The van der Waals surface area contributed by atoms with Crippen LogP contribution in [0.5, 0.6) is 0 Å². The fourth-order valence-corrected chi connectivity index (χ4v) is 4.17. The lowest BCUT2D eigenvalue weighted by atomic mass is 9.95. The number of nitrogens with one attached hydrogen (secondary N) is 1. The number of carbonyl (C=O) groups is 2. The maximum Gasteiger partial charge on any atom is 0.341 e. The highest BCUT2D eigenvalue weighted by molar-refractivity contribution is 7.16. The maximum absolute atomic E-state index is 12.9. The lowest BCUT2D eigenvalue weighted by Gasteiger charge is -2.16. The molecule has 0 saturated carbocycles. The summed E-state index contributed by atoms with van der Waals surface area (Å²) in [6.07, 6.45) is 1.20. The minimum atomic E-state index is -0.371. The molecule has 1 atom stereocenters. The molecule has 0 spiro atoms. The molecule has 2 rings (SSSR count). The van der Waals surface area contributed by atoms with E-state index >= 15 is 0 Å². The van der Waals surface area contributed by atoms with Crippen LogP contribution in [0.1, 0.15) is 66.4 Å². The standard InChI is InChI=1S/C21H27NO3S/c1-6-16-14(5)26-20(18(16)21(24)25-13(3)4)22-19(23)17(7-2)15-11-9-8-10-12-15/h8-13,17H,6-7H2,1-5H3,(H,22,23). The number of carbonyl (C=O) groups excluding carboxylic acids is 2. The van der Waals surface area contributed by atoms with Crippen molar-refractivity contribution in [2.24, 2.45) is 0 Å². The Morgan fingerprint density at radius 2 is 1.81 bits per heavy atom. The van der Waals surface area contributed by atoms with Crippen LogP contribution in [0.25, 0.3) is 0 Å². The number of ether oxygens (including phenoxy) is 1. The van der Waals surface area contributed by atoms with Crippen LogP contribution in [-0.2, 0) is 16.0 Å². The zero-order valence-electron chi connectivity index (χ0n) is 16.1. The summed E-state index contributed by atoms with van der Waals surface area (Å²) in [4.78, 5) is 26.5. The molecule has 1 unspecified atom stereocenters. The quantitative estimate of drug-likeness (QED) is 0.669. The fourth-order valence-electron chi connectivity index (χ4n) is 3.04. The van der Waals surface area contributed by atoms with Gasteiger partial charge >= 0.3 is 5.97 Å². The van der Waals surface area contributed by atoms with E-state index in [0.717, 1.165) is 22.4 Å². The molecule has 4 nitrogen and oxygen atoms in total. The van der Waals surface area contributed by atoms with Crippen LogP contribution in [0.3, 0.4) is 0 Å². The Balaban J connectivity index is 2.33. The zero-order chi connectivity index (χ0) is 19.3. The Bertz CT molecular complexity index is 765. The van der Waals surface area contributed by atoms with E-state index in [1.807, 2.05) is 65.0 Å². The van der Waals surface area contributed by atoms with Crippen LogP contribution in [0.15, 0.2) is 30.3 Å². The number of amides is 1. The minimum absolute atomic E-state index is 0.0961. The molecule has 0 radical (unpaired) electrons. The molecule has 0 fully saturated rings. The highest BCUT2D eigenvalue weighted by atomic mass is 32.1. The van der Waals surface area contributed by atoms with Crippen LogP contribution < -0.4 is 5.32 Å². The van der Waals surface area contributed by atoms with Crippen molar-refractivity contribution < 1.29 is 14.3 Å². The molecule has 140 valence electrons. The van der Waals surface area contributed by atoms with Gasteiger partial charge in [0, 0.05) is 4.88 Å². The van der Waals surface area contributed by atoms with E-state index in [1.165, 1.54) is 11.3 Å². The van der Waals surface area contributed by atoms with Gasteiger partial charge in [0.1, 0.15) is 5.00 Å². The lowest BCUT2D eigenvalue weighted by molar-refractivity contribution is -0.117. The summed E-state index contributed by atoms with van der Waals surface area (Å²) in [7, 11) is 0. The van der Waals surface area contributed by atoms with E-state index in [2.05, 4.69) is 5.32 Å². The van der Waals surface area contributed by atoms with E-state index in [1.54, 1.807) is 0 Å². The van der Waals surface area contributed by atoms with Gasteiger partial charge in [-0.3, -0.25) is 4.79 Å². The Morgan fingerprint density at radius 1 is 1.15 bits per heavy atom. The summed E-state index contributed by atoms with van der Waals surface area (Å²) >= 11 is 1.44. The largest absolute Gasteiger partial charge is 0.459 e. The fraction of sp³-hybridized carbons (Fsp3) is 0.429. The summed E-state index contributed by atoms with van der Waals surface area (Å²) in [6.45, 7) is 9.61. The highest BCUT2D eigenvalue weighted by Crippen LogP contribution is 2.35. The van der Waals surface area contributed by atoms with Crippen LogP contribution in [-0.4, -0.2) is 18.0 Å². The summed E-state index contributed by atoms with van der Waals surface area (Å²) in [5, 5.41) is 3.58. The third-order valence-corrected chi connectivity index (χ3v) is 5.34. The van der Waals surface area contributed by atoms with Crippen molar-refractivity contribution in [2.45, 2.75) is 59.5 Å². The molecule has 5 heteroatoms. The summed E-state index contributed by atoms with van der Waals surface area (Å²) in [5.74, 6) is -0.719. The maximum atomic E-state index is 12.9. The molecule has 0 saturated heterocycles. The van der Waals surface area contributed by atoms with E-state index in [-0.39, 0.29) is 23.9 Å². The number of benzene rings is 1. The second kappa shape index (κ2) is 8.99. The van der Waals surface area contributed by atoms with Crippen molar-refractivity contribution in [3.05, 3.63) is 51.9 Å². The van der Waals surface area contributed by atoms with Crippen LogP contribution in [0.2, 0.25) is 0 Å². The van der Waals surface area contributed by atoms with Gasteiger partial charge in [-0.1, -0.05) is 44.2 Å². The van der Waals surface area contributed by atoms with E-state index in [0.29, 0.717) is 17.0 Å². The second-order valence-corrected chi connectivity index (χ2v) is 7.73. The number of hydrogen-bond acceptors (Lipinski definition) is 4. The molecule has 1 aromatic heterocycles. The first-order valence-electron chi connectivity index (χ1n) is 9.08. The molecule has 1 heterocycles. The smallest absolute Gasteiger partial charge is 0.341 e. The normalized spacial score (nSPS) is 12.1. The molecular formula is C21H27NO3S. The summed E-state index contributed by atoms with van der Waals surface area (Å²) in [5.41, 5.74) is 2.42. The highest BCUT2D eigenvalue weighted by Gasteiger charge is 2.26. The Hall–Kier alpha value is -2.14. The van der Waals surface area contributed by atoms with Gasteiger partial charge in [-0.25, -0.2) is 4.79 Å². The van der Waals surface area contributed by atoms with Crippen molar-refractivity contribution in [1.82, 2.24) is 0 Å². The monoisotopic (exact) mass is 373 g/mol. The first kappa shape index (κ1) is 20.2. The van der Waals surface area contributed by atoms with E-state index < -0.39 is 0 Å². The predicted octanol–water partition coefficient (Wildman–Crippen LogP) is 5.32. The van der Waals surface area contributed by atoms with Crippen LogP contribution in [0, 0.1) is 6.92 Å². The van der Waals surface area contributed by atoms with Gasteiger partial charge in [-0.2, -0.15) is 0 Å². The van der Waals surface area contributed by atoms with Gasteiger partial charge in [0.05, 0.1) is 17.6 Å². The summed E-state index contributed by atoms with van der Waals surface area (Å²) in [6, 6.07) is 9.71.